The predicted octanol–water partition coefficient (Wildman–Crippen LogP) is 5.21. The van der Waals surface area contributed by atoms with Crippen molar-refractivity contribution in [2.45, 2.75) is 52.4 Å². The quantitative estimate of drug-likeness (QED) is 0.620. The second-order valence-electron chi connectivity index (χ2n) is 7.33. The van der Waals surface area contributed by atoms with Crippen LogP contribution in [0.25, 0.3) is 16.6 Å². The van der Waals surface area contributed by atoms with Crippen LogP contribution in [0.2, 0.25) is 0 Å². The Bertz CT molecular complexity index is 880. The van der Waals surface area contributed by atoms with Gasteiger partial charge in [-0.1, -0.05) is 33.6 Å². The number of aryl methyl sites for hydroxylation is 1. The first-order valence-corrected chi connectivity index (χ1v) is 8.95. The second-order valence-corrected chi connectivity index (χ2v) is 7.33. The SMILES string of the molecule is CCCCC(C)(C)c1nc(-n2cnc(C)c2)cc2cc(OC)ccc12. The van der Waals surface area contributed by atoms with Gasteiger partial charge in [0.05, 0.1) is 18.5 Å². The number of benzene rings is 1. The van der Waals surface area contributed by atoms with Crippen molar-refractivity contribution >= 4 is 10.8 Å². The van der Waals surface area contributed by atoms with E-state index in [4.69, 9.17) is 9.72 Å². The van der Waals surface area contributed by atoms with E-state index in [-0.39, 0.29) is 5.41 Å². The third-order valence-electron chi connectivity index (χ3n) is 4.80. The maximum Gasteiger partial charge on any atom is 0.138 e. The van der Waals surface area contributed by atoms with E-state index in [1.54, 1.807) is 7.11 Å². The topological polar surface area (TPSA) is 39.9 Å². The summed E-state index contributed by atoms with van der Waals surface area (Å²) in [5.74, 6) is 1.77. The first-order chi connectivity index (χ1) is 11.9. The van der Waals surface area contributed by atoms with Gasteiger partial charge in [-0.3, -0.25) is 4.57 Å². The Labute approximate surface area is 149 Å². The Morgan fingerprint density at radius 2 is 2.00 bits per heavy atom. The molecule has 3 rings (SSSR count). The molecular weight excluding hydrogens is 310 g/mol. The summed E-state index contributed by atoms with van der Waals surface area (Å²) in [4.78, 5) is 9.39. The molecule has 0 saturated carbocycles. The number of unbranched alkanes of at least 4 members (excludes halogenated alkanes) is 1. The molecule has 0 atom stereocenters. The molecule has 0 aliphatic rings. The molecule has 0 amide bonds. The van der Waals surface area contributed by atoms with Crippen LogP contribution in [0.15, 0.2) is 36.8 Å². The van der Waals surface area contributed by atoms with Crippen molar-refractivity contribution < 1.29 is 4.74 Å². The van der Waals surface area contributed by atoms with Gasteiger partial charge in [0, 0.05) is 17.0 Å². The molecule has 0 aliphatic carbocycles. The van der Waals surface area contributed by atoms with E-state index in [0.717, 1.165) is 34.8 Å². The van der Waals surface area contributed by atoms with Crippen LogP contribution in [0.1, 0.15) is 51.4 Å². The average molecular weight is 337 g/mol. The summed E-state index contributed by atoms with van der Waals surface area (Å²) in [7, 11) is 1.70. The lowest BCUT2D eigenvalue weighted by Crippen LogP contribution is -2.20. The van der Waals surface area contributed by atoms with Gasteiger partial charge in [0.15, 0.2) is 0 Å². The Kier molecular flexibility index (Phi) is 4.80. The molecule has 2 heterocycles. The number of ether oxygens (including phenoxy) is 1. The van der Waals surface area contributed by atoms with Crippen molar-refractivity contribution in [3.05, 3.63) is 48.2 Å². The smallest absolute Gasteiger partial charge is 0.138 e. The highest BCUT2D eigenvalue weighted by atomic mass is 16.5. The molecule has 4 nitrogen and oxygen atoms in total. The van der Waals surface area contributed by atoms with Gasteiger partial charge in [-0.2, -0.15) is 0 Å². The molecule has 25 heavy (non-hydrogen) atoms. The maximum atomic E-state index is 5.42. The van der Waals surface area contributed by atoms with Gasteiger partial charge in [-0.05, 0) is 43.0 Å². The Balaban J connectivity index is 2.22. The molecule has 0 bridgehead atoms. The van der Waals surface area contributed by atoms with Gasteiger partial charge in [0.1, 0.15) is 17.9 Å². The Hall–Kier alpha value is -2.36. The molecule has 0 N–H and O–H groups in total. The molecule has 0 aliphatic heterocycles. The van der Waals surface area contributed by atoms with Gasteiger partial charge in [0.25, 0.3) is 0 Å². The molecule has 4 heteroatoms. The number of imidazole rings is 1. The predicted molar refractivity (Wildman–Crippen MR) is 103 cm³/mol. The number of hydrogen-bond donors (Lipinski definition) is 0. The van der Waals surface area contributed by atoms with E-state index in [1.165, 1.54) is 18.2 Å². The molecule has 0 unspecified atom stereocenters. The molecule has 0 radical (unpaired) electrons. The van der Waals surface area contributed by atoms with Crippen LogP contribution in [0.3, 0.4) is 0 Å². The summed E-state index contributed by atoms with van der Waals surface area (Å²) in [6.45, 7) is 8.80. The molecule has 0 fully saturated rings. The van der Waals surface area contributed by atoms with Crippen LogP contribution in [-0.4, -0.2) is 21.6 Å². The van der Waals surface area contributed by atoms with E-state index in [0.29, 0.717) is 0 Å². The van der Waals surface area contributed by atoms with Crippen molar-refractivity contribution in [3.8, 4) is 11.6 Å². The highest BCUT2D eigenvalue weighted by Gasteiger charge is 2.25. The van der Waals surface area contributed by atoms with Crippen LogP contribution < -0.4 is 4.74 Å². The first-order valence-electron chi connectivity index (χ1n) is 8.95. The zero-order chi connectivity index (χ0) is 18.0. The van der Waals surface area contributed by atoms with Crippen LogP contribution >= 0.6 is 0 Å². The highest BCUT2D eigenvalue weighted by molar-refractivity contribution is 5.88. The normalized spacial score (nSPS) is 11.9. The molecule has 0 spiro atoms. The number of aromatic nitrogens is 3. The third-order valence-corrected chi connectivity index (χ3v) is 4.80. The summed E-state index contributed by atoms with van der Waals surface area (Å²) in [6.07, 6.45) is 7.34. The Morgan fingerprint density at radius 1 is 1.20 bits per heavy atom. The van der Waals surface area contributed by atoms with E-state index in [9.17, 15) is 0 Å². The minimum absolute atomic E-state index is 0.00842. The molecule has 0 saturated heterocycles. The first kappa shape index (κ1) is 17.5. The number of fused-ring (bicyclic) bond motifs is 1. The molecule has 132 valence electrons. The second kappa shape index (κ2) is 6.87. The van der Waals surface area contributed by atoms with Crippen molar-refractivity contribution in [1.29, 1.82) is 0 Å². The van der Waals surface area contributed by atoms with Crippen molar-refractivity contribution in [3.63, 3.8) is 0 Å². The zero-order valence-electron chi connectivity index (χ0n) is 15.8. The van der Waals surface area contributed by atoms with Crippen molar-refractivity contribution in [2.24, 2.45) is 0 Å². The summed E-state index contributed by atoms with van der Waals surface area (Å²) in [6, 6.07) is 8.35. The number of rotatable bonds is 6. The zero-order valence-corrected chi connectivity index (χ0v) is 15.8. The number of hydrogen-bond acceptors (Lipinski definition) is 3. The van der Waals surface area contributed by atoms with E-state index < -0.39 is 0 Å². The number of methoxy groups -OCH3 is 1. The van der Waals surface area contributed by atoms with Crippen molar-refractivity contribution in [2.75, 3.05) is 7.11 Å². The largest absolute Gasteiger partial charge is 0.497 e. The lowest BCUT2D eigenvalue weighted by molar-refractivity contribution is 0.415. The standard InChI is InChI=1S/C21H27N3O/c1-6-7-10-21(3,4)20-18-9-8-17(25-5)11-16(18)12-19(23-20)24-13-15(2)22-14-24/h8-9,11-14H,6-7,10H2,1-5H3. The van der Waals surface area contributed by atoms with Gasteiger partial charge in [-0.15, -0.1) is 0 Å². The monoisotopic (exact) mass is 337 g/mol. The summed E-state index contributed by atoms with van der Waals surface area (Å²) >= 11 is 0. The van der Waals surface area contributed by atoms with E-state index in [1.807, 2.05) is 30.1 Å². The van der Waals surface area contributed by atoms with E-state index >= 15 is 0 Å². The molecule has 1 aromatic carbocycles. The summed E-state index contributed by atoms with van der Waals surface area (Å²) in [5, 5.41) is 2.35. The van der Waals surface area contributed by atoms with Gasteiger partial charge >= 0.3 is 0 Å². The lowest BCUT2D eigenvalue weighted by Gasteiger charge is -2.26. The van der Waals surface area contributed by atoms with E-state index in [2.05, 4.69) is 44.0 Å². The van der Waals surface area contributed by atoms with Gasteiger partial charge in [-0.25, -0.2) is 9.97 Å². The minimum Gasteiger partial charge on any atom is -0.497 e. The fourth-order valence-corrected chi connectivity index (χ4v) is 3.28. The van der Waals surface area contributed by atoms with Crippen LogP contribution in [0, 0.1) is 6.92 Å². The van der Waals surface area contributed by atoms with Crippen LogP contribution in [-0.2, 0) is 5.41 Å². The Morgan fingerprint density at radius 3 is 2.64 bits per heavy atom. The van der Waals surface area contributed by atoms with Gasteiger partial charge in [0.2, 0.25) is 0 Å². The number of nitrogens with zero attached hydrogens (tertiary/aromatic N) is 3. The fourth-order valence-electron chi connectivity index (χ4n) is 3.28. The minimum atomic E-state index is 0.00842. The van der Waals surface area contributed by atoms with Crippen molar-refractivity contribution in [1.82, 2.24) is 14.5 Å². The fraction of sp³-hybridized carbons (Fsp3) is 0.429. The highest BCUT2D eigenvalue weighted by Crippen LogP contribution is 2.35. The molecule has 3 aromatic rings. The third kappa shape index (κ3) is 3.53. The van der Waals surface area contributed by atoms with Gasteiger partial charge < -0.3 is 4.74 Å². The summed E-state index contributed by atoms with van der Waals surface area (Å²) in [5.41, 5.74) is 2.14. The molecular formula is C21H27N3O. The lowest BCUT2D eigenvalue weighted by atomic mass is 9.81. The number of pyridine rings is 1. The van der Waals surface area contributed by atoms with Crippen LogP contribution in [0.4, 0.5) is 0 Å². The average Bonchev–Trinajstić information content (AvgIpc) is 3.04. The molecule has 2 aromatic heterocycles. The maximum absolute atomic E-state index is 5.42. The summed E-state index contributed by atoms with van der Waals surface area (Å²) < 4.78 is 7.42. The van der Waals surface area contributed by atoms with Crippen LogP contribution in [0.5, 0.6) is 5.75 Å².